The SMILES string of the molecule is CC1CCN(CCC(O)c2ccc(C3CCCCC3)cc2)CC1. The molecule has 0 spiro atoms. The average molecular weight is 316 g/mol. The Bertz CT molecular complexity index is 455. The summed E-state index contributed by atoms with van der Waals surface area (Å²) in [5.41, 5.74) is 2.57. The first-order chi connectivity index (χ1) is 11.2. The van der Waals surface area contributed by atoms with Gasteiger partial charge in [0.05, 0.1) is 6.10 Å². The lowest BCUT2D eigenvalue weighted by atomic mass is 9.84. The number of likely N-dealkylation sites (tertiary alicyclic amines) is 1. The topological polar surface area (TPSA) is 23.5 Å². The van der Waals surface area contributed by atoms with Crippen LogP contribution in [0.5, 0.6) is 0 Å². The molecule has 2 aliphatic rings. The summed E-state index contributed by atoms with van der Waals surface area (Å²) in [6.45, 7) is 5.78. The molecule has 1 heterocycles. The first-order valence-corrected chi connectivity index (χ1v) is 9.72. The Labute approximate surface area is 141 Å². The van der Waals surface area contributed by atoms with E-state index in [1.54, 1.807) is 0 Å². The van der Waals surface area contributed by atoms with Crippen molar-refractivity contribution >= 4 is 0 Å². The standard InChI is InChI=1S/C21H33NO/c1-17-11-14-22(15-12-17)16-13-21(23)20-9-7-19(8-10-20)18-5-3-2-4-6-18/h7-10,17-18,21,23H,2-6,11-16H2,1H3. The summed E-state index contributed by atoms with van der Waals surface area (Å²) in [5.74, 6) is 1.63. The maximum atomic E-state index is 10.5. The van der Waals surface area contributed by atoms with E-state index in [-0.39, 0.29) is 6.10 Å². The van der Waals surface area contributed by atoms with Crippen molar-refractivity contribution in [3.05, 3.63) is 35.4 Å². The predicted molar refractivity (Wildman–Crippen MR) is 96.7 cm³/mol. The highest BCUT2D eigenvalue weighted by atomic mass is 16.3. The van der Waals surface area contributed by atoms with Gasteiger partial charge in [0, 0.05) is 6.54 Å². The lowest BCUT2D eigenvalue weighted by Crippen LogP contribution is -2.34. The summed E-state index contributed by atoms with van der Waals surface area (Å²) in [4.78, 5) is 2.51. The van der Waals surface area contributed by atoms with E-state index in [1.807, 2.05) is 0 Å². The van der Waals surface area contributed by atoms with E-state index in [4.69, 9.17) is 0 Å². The van der Waals surface area contributed by atoms with Crippen LogP contribution in [0.1, 0.15) is 81.4 Å². The molecule has 3 rings (SSSR count). The lowest BCUT2D eigenvalue weighted by molar-refractivity contribution is 0.125. The van der Waals surface area contributed by atoms with Crippen LogP contribution in [0.25, 0.3) is 0 Å². The van der Waals surface area contributed by atoms with Crippen molar-refractivity contribution in [1.29, 1.82) is 0 Å². The van der Waals surface area contributed by atoms with E-state index in [9.17, 15) is 5.11 Å². The van der Waals surface area contributed by atoms with Crippen molar-refractivity contribution in [3.8, 4) is 0 Å². The Morgan fingerprint density at radius 1 is 1.00 bits per heavy atom. The van der Waals surface area contributed by atoms with Crippen LogP contribution in [0, 0.1) is 5.92 Å². The Morgan fingerprint density at radius 3 is 2.30 bits per heavy atom. The van der Waals surface area contributed by atoms with Crippen LogP contribution >= 0.6 is 0 Å². The smallest absolute Gasteiger partial charge is 0.0802 e. The summed E-state index contributed by atoms with van der Waals surface area (Å²) in [7, 11) is 0. The van der Waals surface area contributed by atoms with Gasteiger partial charge in [0.15, 0.2) is 0 Å². The number of rotatable bonds is 5. The van der Waals surface area contributed by atoms with Gasteiger partial charge in [-0.25, -0.2) is 0 Å². The summed E-state index contributed by atoms with van der Waals surface area (Å²) < 4.78 is 0. The first-order valence-electron chi connectivity index (χ1n) is 9.72. The largest absolute Gasteiger partial charge is 0.388 e. The molecule has 1 atom stereocenters. The maximum Gasteiger partial charge on any atom is 0.0802 e. The highest BCUT2D eigenvalue weighted by Crippen LogP contribution is 2.33. The molecule has 1 aromatic rings. The van der Waals surface area contributed by atoms with Crippen molar-refractivity contribution in [2.24, 2.45) is 5.92 Å². The summed E-state index contributed by atoms with van der Waals surface area (Å²) >= 11 is 0. The third-order valence-electron chi connectivity index (χ3n) is 5.99. The highest BCUT2D eigenvalue weighted by molar-refractivity contribution is 5.27. The van der Waals surface area contributed by atoms with Gasteiger partial charge in [-0.2, -0.15) is 0 Å². The molecule has 0 bridgehead atoms. The molecule has 2 heteroatoms. The number of nitrogens with zero attached hydrogens (tertiary/aromatic N) is 1. The van der Waals surface area contributed by atoms with E-state index in [2.05, 4.69) is 36.1 Å². The molecular weight excluding hydrogens is 282 g/mol. The van der Waals surface area contributed by atoms with Crippen LogP contribution in [-0.4, -0.2) is 29.6 Å². The zero-order valence-corrected chi connectivity index (χ0v) is 14.7. The molecule has 128 valence electrons. The molecule has 2 fully saturated rings. The number of piperidine rings is 1. The van der Waals surface area contributed by atoms with Gasteiger partial charge in [-0.15, -0.1) is 0 Å². The molecule has 0 amide bonds. The minimum Gasteiger partial charge on any atom is -0.388 e. The Balaban J connectivity index is 1.48. The molecule has 2 nitrogen and oxygen atoms in total. The van der Waals surface area contributed by atoms with E-state index >= 15 is 0 Å². The van der Waals surface area contributed by atoms with Gasteiger partial charge in [-0.1, -0.05) is 50.5 Å². The molecular formula is C21H33NO. The van der Waals surface area contributed by atoms with Gasteiger partial charge in [0.2, 0.25) is 0 Å². The normalized spacial score (nSPS) is 23.0. The molecule has 1 aliphatic heterocycles. The Kier molecular flexibility index (Phi) is 6.13. The van der Waals surface area contributed by atoms with Gasteiger partial charge < -0.3 is 10.0 Å². The Hall–Kier alpha value is -0.860. The van der Waals surface area contributed by atoms with E-state index in [0.717, 1.165) is 30.4 Å². The van der Waals surface area contributed by atoms with E-state index in [1.165, 1.54) is 63.6 Å². The molecule has 1 aromatic carbocycles. The van der Waals surface area contributed by atoms with Gasteiger partial charge in [-0.05, 0) is 68.2 Å². The van der Waals surface area contributed by atoms with Crippen LogP contribution in [0.4, 0.5) is 0 Å². The van der Waals surface area contributed by atoms with Crippen molar-refractivity contribution in [1.82, 2.24) is 4.90 Å². The Morgan fingerprint density at radius 2 is 1.65 bits per heavy atom. The molecule has 1 aliphatic carbocycles. The van der Waals surface area contributed by atoms with Crippen LogP contribution < -0.4 is 0 Å². The minimum atomic E-state index is -0.310. The fourth-order valence-electron chi connectivity index (χ4n) is 4.18. The van der Waals surface area contributed by atoms with Gasteiger partial charge >= 0.3 is 0 Å². The number of hydrogen-bond donors (Lipinski definition) is 1. The van der Waals surface area contributed by atoms with Crippen LogP contribution in [0.15, 0.2) is 24.3 Å². The second-order valence-electron chi connectivity index (χ2n) is 7.83. The molecule has 0 radical (unpaired) electrons. The lowest BCUT2D eigenvalue weighted by Gasteiger charge is -2.30. The zero-order valence-electron chi connectivity index (χ0n) is 14.7. The highest BCUT2D eigenvalue weighted by Gasteiger charge is 2.18. The second-order valence-corrected chi connectivity index (χ2v) is 7.83. The third-order valence-corrected chi connectivity index (χ3v) is 5.99. The van der Waals surface area contributed by atoms with Crippen molar-refractivity contribution < 1.29 is 5.11 Å². The summed E-state index contributed by atoms with van der Waals surface area (Å²) in [6.07, 6.45) is 10.0. The number of benzene rings is 1. The van der Waals surface area contributed by atoms with Crippen LogP contribution in [0.3, 0.4) is 0 Å². The quantitative estimate of drug-likeness (QED) is 0.836. The van der Waals surface area contributed by atoms with E-state index in [0.29, 0.717) is 0 Å². The minimum absolute atomic E-state index is 0.310. The number of aliphatic hydroxyl groups is 1. The van der Waals surface area contributed by atoms with Crippen molar-refractivity contribution in [2.75, 3.05) is 19.6 Å². The molecule has 0 aromatic heterocycles. The molecule has 1 saturated heterocycles. The molecule has 23 heavy (non-hydrogen) atoms. The van der Waals surface area contributed by atoms with Gasteiger partial charge in [0.1, 0.15) is 0 Å². The fourth-order valence-corrected chi connectivity index (χ4v) is 4.18. The molecule has 1 saturated carbocycles. The first kappa shape index (κ1) is 17.0. The second kappa shape index (κ2) is 8.30. The van der Waals surface area contributed by atoms with Crippen molar-refractivity contribution in [3.63, 3.8) is 0 Å². The molecule has 1 N–H and O–H groups in total. The maximum absolute atomic E-state index is 10.5. The summed E-state index contributed by atoms with van der Waals surface area (Å²) in [5, 5.41) is 10.5. The third kappa shape index (κ3) is 4.81. The number of hydrogen-bond acceptors (Lipinski definition) is 2. The number of aliphatic hydroxyl groups excluding tert-OH is 1. The van der Waals surface area contributed by atoms with Gasteiger partial charge in [-0.3, -0.25) is 0 Å². The zero-order chi connectivity index (χ0) is 16.1. The fraction of sp³-hybridized carbons (Fsp3) is 0.714. The summed E-state index contributed by atoms with van der Waals surface area (Å²) in [6, 6.07) is 8.84. The van der Waals surface area contributed by atoms with E-state index < -0.39 is 0 Å². The average Bonchev–Trinajstić information content (AvgIpc) is 2.62. The monoisotopic (exact) mass is 315 g/mol. The van der Waals surface area contributed by atoms with Crippen LogP contribution in [0.2, 0.25) is 0 Å². The van der Waals surface area contributed by atoms with Crippen LogP contribution in [-0.2, 0) is 0 Å². The molecule has 1 unspecified atom stereocenters. The predicted octanol–water partition coefficient (Wildman–Crippen LogP) is 4.89. The van der Waals surface area contributed by atoms with Crippen molar-refractivity contribution in [2.45, 2.75) is 70.3 Å². The van der Waals surface area contributed by atoms with Gasteiger partial charge in [0.25, 0.3) is 0 Å².